The molecular formula is C21H17NO5. The van der Waals surface area contributed by atoms with E-state index in [1.165, 1.54) is 42.6 Å². The van der Waals surface area contributed by atoms with Gasteiger partial charge in [-0.05, 0) is 42.0 Å². The molecule has 136 valence electrons. The number of ether oxygens (including phenoxy) is 1. The number of carbonyl (C=O) groups is 1. The van der Waals surface area contributed by atoms with E-state index in [1.807, 2.05) is 30.3 Å². The molecule has 0 amide bonds. The number of hydrogen-bond donors (Lipinski definition) is 3. The highest BCUT2D eigenvalue weighted by molar-refractivity contribution is 5.94. The fourth-order valence-electron chi connectivity index (χ4n) is 2.36. The minimum absolute atomic E-state index is 0.00913. The number of carbonyl (C=O) groups excluding carboxylic acids is 1. The fourth-order valence-corrected chi connectivity index (χ4v) is 2.36. The summed E-state index contributed by atoms with van der Waals surface area (Å²) < 4.78 is 5.22. The molecule has 27 heavy (non-hydrogen) atoms. The highest BCUT2D eigenvalue weighted by Gasteiger charge is 2.13. The smallest absolute Gasteiger partial charge is 0.342 e. The maximum Gasteiger partial charge on any atom is 0.342 e. The van der Waals surface area contributed by atoms with Crippen molar-refractivity contribution in [1.29, 1.82) is 0 Å². The van der Waals surface area contributed by atoms with Gasteiger partial charge in [-0.2, -0.15) is 0 Å². The third kappa shape index (κ3) is 4.64. The molecule has 0 saturated carbocycles. The van der Waals surface area contributed by atoms with Crippen molar-refractivity contribution in [3.63, 3.8) is 0 Å². The second kappa shape index (κ2) is 8.05. The van der Waals surface area contributed by atoms with E-state index in [-0.39, 0.29) is 29.4 Å². The molecule has 0 aliphatic carbocycles. The predicted molar refractivity (Wildman–Crippen MR) is 101 cm³/mol. The molecule has 0 atom stereocenters. The fraction of sp³-hybridized carbons (Fsp3) is 0.0476. The third-order valence-corrected chi connectivity index (χ3v) is 3.78. The lowest BCUT2D eigenvalue weighted by atomic mass is 10.1. The molecule has 3 N–H and O–H groups in total. The first kappa shape index (κ1) is 18.0. The van der Waals surface area contributed by atoms with E-state index in [0.29, 0.717) is 11.3 Å². The Morgan fingerprint density at radius 1 is 0.926 bits per heavy atom. The van der Waals surface area contributed by atoms with Crippen molar-refractivity contribution < 1.29 is 24.9 Å². The summed E-state index contributed by atoms with van der Waals surface area (Å²) in [5, 5.41) is 29.2. The minimum atomic E-state index is -0.673. The van der Waals surface area contributed by atoms with Gasteiger partial charge in [-0.3, -0.25) is 4.99 Å². The average Bonchev–Trinajstić information content (AvgIpc) is 2.68. The van der Waals surface area contributed by atoms with Crippen LogP contribution >= 0.6 is 0 Å². The summed E-state index contributed by atoms with van der Waals surface area (Å²) >= 11 is 0. The molecule has 0 bridgehead atoms. The number of nitrogens with zero attached hydrogens (tertiary/aromatic N) is 1. The molecular weight excluding hydrogens is 346 g/mol. The summed E-state index contributed by atoms with van der Waals surface area (Å²) in [4.78, 5) is 16.4. The highest BCUT2D eigenvalue weighted by Crippen LogP contribution is 2.26. The van der Waals surface area contributed by atoms with Crippen LogP contribution in [0.15, 0.2) is 71.7 Å². The Hall–Kier alpha value is -3.80. The summed E-state index contributed by atoms with van der Waals surface area (Å²) in [5.41, 5.74) is 1.51. The van der Waals surface area contributed by atoms with Crippen molar-refractivity contribution in [2.45, 2.75) is 6.61 Å². The van der Waals surface area contributed by atoms with Gasteiger partial charge in [-0.1, -0.05) is 30.3 Å². The van der Waals surface area contributed by atoms with Crippen molar-refractivity contribution in [2.24, 2.45) is 4.99 Å². The highest BCUT2D eigenvalue weighted by atomic mass is 16.5. The van der Waals surface area contributed by atoms with E-state index in [0.717, 1.165) is 5.56 Å². The van der Waals surface area contributed by atoms with Crippen molar-refractivity contribution in [3.8, 4) is 17.2 Å². The first-order valence-electron chi connectivity index (χ1n) is 8.13. The van der Waals surface area contributed by atoms with Crippen LogP contribution in [-0.2, 0) is 11.3 Å². The summed E-state index contributed by atoms with van der Waals surface area (Å²) in [6, 6.07) is 17.5. The van der Waals surface area contributed by atoms with Gasteiger partial charge in [0, 0.05) is 11.8 Å². The molecule has 3 aromatic rings. The molecule has 3 aromatic carbocycles. The van der Waals surface area contributed by atoms with Crippen LogP contribution in [0.5, 0.6) is 17.2 Å². The van der Waals surface area contributed by atoms with Gasteiger partial charge in [0.15, 0.2) is 0 Å². The number of phenolic OH excluding ortho intramolecular Hbond substituents is 3. The maximum atomic E-state index is 12.3. The quantitative estimate of drug-likeness (QED) is 0.363. The van der Waals surface area contributed by atoms with Crippen LogP contribution in [0.2, 0.25) is 0 Å². The monoisotopic (exact) mass is 363 g/mol. The second-order valence-corrected chi connectivity index (χ2v) is 5.76. The first-order chi connectivity index (χ1) is 13.0. The minimum Gasteiger partial charge on any atom is -0.508 e. The molecule has 0 unspecified atom stereocenters. The molecule has 0 aliphatic rings. The van der Waals surface area contributed by atoms with Crippen LogP contribution in [0.3, 0.4) is 0 Å². The van der Waals surface area contributed by atoms with E-state index >= 15 is 0 Å². The molecule has 0 radical (unpaired) electrons. The Morgan fingerprint density at radius 2 is 1.67 bits per heavy atom. The van der Waals surface area contributed by atoms with E-state index < -0.39 is 5.97 Å². The van der Waals surface area contributed by atoms with Crippen LogP contribution in [0.25, 0.3) is 0 Å². The van der Waals surface area contributed by atoms with Crippen molar-refractivity contribution >= 4 is 17.9 Å². The Kier molecular flexibility index (Phi) is 5.37. The number of hydrogen-bond acceptors (Lipinski definition) is 6. The molecule has 0 fully saturated rings. The van der Waals surface area contributed by atoms with Gasteiger partial charge in [0.1, 0.15) is 29.4 Å². The standard InChI is InChI=1S/C21H17NO5/c23-17-7-9-19(24)15(10-17)12-22-16-6-8-20(25)18(11-16)21(26)27-13-14-4-2-1-3-5-14/h1-12,23-25H,13H2. The lowest BCUT2D eigenvalue weighted by Crippen LogP contribution is -2.05. The number of esters is 1. The third-order valence-electron chi connectivity index (χ3n) is 3.78. The molecule has 3 rings (SSSR count). The lowest BCUT2D eigenvalue weighted by Gasteiger charge is -2.07. The topological polar surface area (TPSA) is 99.4 Å². The number of phenols is 3. The summed E-state index contributed by atoms with van der Waals surface area (Å²) in [6.45, 7) is 0.0871. The van der Waals surface area contributed by atoms with Gasteiger partial charge in [0.25, 0.3) is 0 Å². The van der Waals surface area contributed by atoms with Gasteiger partial charge in [-0.25, -0.2) is 4.79 Å². The van der Waals surface area contributed by atoms with Gasteiger partial charge < -0.3 is 20.1 Å². The number of rotatable bonds is 5. The maximum absolute atomic E-state index is 12.3. The van der Waals surface area contributed by atoms with E-state index in [4.69, 9.17) is 4.74 Å². The SMILES string of the molecule is O=C(OCc1ccccc1)c1cc(N=Cc2cc(O)ccc2O)ccc1O. The van der Waals surface area contributed by atoms with E-state index in [1.54, 1.807) is 0 Å². The number of aliphatic imine (C=N–C) groups is 1. The predicted octanol–water partition coefficient (Wildman–Crippen LogP) is 3.91. The van der Waals surface area contributed by atoms with Crippen molar-refractivity contribution in [2.75, 3.05) is 0 Å². The van der Waals surface area contributed by atoms with Gasteiger partial charge >= 0.3 is 5.97 Å². The normalized spacial score (nSPS) is 10.8. The first-order valence-corrected chi connectivity index (χ1v) is 8.13. The van der Waals surface area contributed by atoms with Crippen LogP contribution in [0.1, 0.15) is 21.5 Å². The van der Waals surface area contributed by atoms with Crippen LogP contribution in [0, 0.1) is 0 Å². The van der Waals surface area contributed by atoms with Gasteiger partial charge in [-0.15, -0.1) is 0 Å². The van der Waals surface area contributed by atoms with Crippen LogP contribution in [0.4, 0.5) is 5.69 Å². The molecule has 0 heterocycles. The molecule has 6 heteroatoms. The molecule has 0 aromatic heterocycles. The zero-order valence-corrected chi connectivity index (χ0v) is 14.2. The molecule has 0 saturated heterocycles. The molecule has 6 nitrogen and oxygen atoms in total. The second-order valence-electron chi connectivity index (χ2n) is 5.76. The Labute approximate surface area is 155 Å². The van der Waals surface area contributed by atoms with Gasteiger partial charge in [0.05, 0.1) is 5.69 Å². The zero-order chi connectivity index (χ0) is 19.2. The largest absolute Gasteiger partial charge is 0.508 e. The molecule has 0 spiro atoms. The summed E-state index contributed by atoms with van der Waals surface area (Å²) in [5.74, 6) is -0.941. The van der Waals surface area contributed by atoms with E-state index in [9.17, 15) is 20.1 Å². The zero-order valence-electron chi connectivity index (χ0n) is 14.2. The molecule has 0 aliphatic heterocycles. The number of aromatic hydroxyl groups is 3. The van der Waals surface area contributed by atoms with E-state index in [2.05, 4.69) is 4.99 Å². The Balaban J connectivity index is 1.76. The van der Waals surface area contributed by atoms with Crippen LogP contribution in [-0.4, -0.2) is 27.5 Å². The summed E-state index contributed by atoms with van der Waals surface area (Å²) in [6.07, 6.45) is 1.35. The summed E-state index contributed by atoms with van der Waals surface area (Å²) in [7, 11) is 0. The lowest BCUT2D eigenvalue weighted by molar-refractivity contribution is 0.0469. The van der Waals surface area contributed by atoms with Gasteiger partial charge in [0.2, 0.25) is 0 Å². The average molecular weight is 363 g/mol. The van der Waals surface area contributed by atoms with Crippen molar-refractivity contribution in [1.82, 2.24) is 0 Å². The Bertz CT molecular complexity index is 983. The Morgan fingerprint density at radius 3 is 2.44 bits per heavy atom. The number of benzene rings is 3. The van der Waals surface area contributed by atoms with Crippen LogP contribution < -0.4 is 0 Å². The van der Waals surface area contributed by atoms with Crippen molar-refractivity contribution in [3.05, 3.63) is 83.4 Å².